The van der Waals surface area contributed by atoms with E-state index in [9.17, 15) is 19.8 Å². The summed E-state index contributed by atoms with van der Waals surface area (Å²) < 4.78 is 5.76. The molecule has 0 aromatic carbocycles. The summed E-state index contributed by atoms with van der Waals surface area (Å²) in [5.41, 5.74) is -0.903. The first-order valence-corrected chi connectivity index (χ1v) is 7.87. The summed E-state index contributed by atoms with van der Waals surface area (Å²) in [7, 11) is 0. The van der Waals surface area contributed by atoms with Gasteiger partial charge in [0.05, 0.1) is 17.5 Å². The van der Waals surface area contributed by atoms with Gasteiger partial charge in [-0.3, -0.25) is 4.79 Å². The second-order valence-electron chi connectivity index (χ2n) is 6.00. The molecule has 3 rings (SSSR count). The molecule has 1 saturated heterocycles. The van der Waals surface area contributed by atoms with Crippen molar-refractivity contribution in [3.8, 4) is 5.75 Å². The molecule has 0 unspecified atom stereocenters. The van der Waals surface area contributed by atoms with Gasteiger partial charge in [0, 0.05) is 19.2 Å². The number of carboxylic acid groups (broad SMARTS) is 1. The Kier molecular flexibility index (Phi) is 3.62. The summed E-state index contributed by atoms with van der Waals surface area (Å²) in [6.07, 6.45) is -0.928. The molecule has 1 aromatic heterocycles. The summed E-state index contributed by atoms with van der Waals surface area (Å²) in [5, 5.41) is 22.9. The van der Waals surface area contributed by atoms with Crippen molar-refractivity contribution in [1.82, 2.24) is 10.2 Å². The molecule has 0 aliphatic carbocycles. The van der Waals surface area contributed by atoms with Crippen LogP contribution in [-0.2, 0) is 4.79 Å². The lowest BCUT2D eigenvalue weighted by molar-refractivity contribution is -0.145. The highest BCUT2D eigenvalue weighted by molar-refractivity contribution is 7.14. The number of aliphatic hydroxyl groups excluding tert-OH is 1. The second kappa shape index (κ2) is 5.22. The number of ether oxygens (including phenoxy) is 1. The van der Waals surface area contributed by atoms with E-state index in [-0.39, 0.29) is 17.3 Å². The van der Waals surface area contributed by atoms with E-state index in [2.05, 4.69) is 5.32 Å². The molecule has 2 atom stereocenters. The number of piperazine rings is 1. The number of carbonyl (C=O) groups is 2. The second-order valence-corrected chi connectivity index (χ2v) is 7.09. The van der Waals surface area contributed by atoms with Crippen molar-refractivity contribution in [3.63, 3.8) is 0 Å². The maximum absolute atomic E-state index is 12.2. The van der Waals surface area contributed by atoms with Crippen molar-refractivity contribution in [2.24, 2.45) is 0 Å². The molecule has 2 aliphatic rings. The van der Waals surface area contributed by atoms with Gasteiger partial charge in [-0.05, 0) is 13.8 Å². The van der Waals surface area contributed by atoms with Crippen LogP contribution in [0.1, 0.15) is 34.4 Å². The highest BCUT2D eigenvalue weighted by atomic mass is 32.1. The molecule has 3 N–H and O–H groups in total. The van der Waals surface area contributed by atoms with Gasteiger partial charge in [0.2, 0.25) is 5.91 Å². The lowest BCUT2D eigenvalue weighted by atomic mass is 9.89. The Hall–Kier alpha value is -1.64. The van der Waals surface area contributed by atoms with Gasteiger partial charge in [-0.2, -0.15) is 0 Å². The number of aromatic carboxylic acids is 1. The summed E-state index contributed by atoms with van der Waals surface area (Å²) in [6.45, 7) is 4.80. The highest BCUT2D eigenvalue weighted by Crippen LogP contribution is 2.47. The molecular formula is C14H18N2O5S. The Labute approximate surface area is 131 Å². The fraction of sp³-hybridized carbons (Fsp3) is 0.571. The van der Waals surface area contributed by atoms with Crippen LogP contribution in [0, 0.1) is 0 Å². The van der Waals surface area contributed by atoms with E-state index >= 15 is 0 Å². The topological polar surface area (TPSA) is 99.1 Å². The zero-order valence-corrected chi connectivity index (χ0v) is 13.1. The molecule has 3 heterocycles. The number of thiophene rings is 1. The SMILES string of the molecule is CC1(C)Oc2cc(C(=O)O)sc2[C@@H](N2CCNCC2=O)[C@@H]1O. The van der Waals surface area contributed by atoms with Gasteiger partial charge >= 0.3 is 5.97 Å². The van der Waals surface area contributed by atoms with Gasteiger partial charge in [-0.15, -0.1) is 11.3 Å². The summed E-state index contributed by atoms with van der Waals surface area (Å²) in [5.74, 6) is -0.709. The number of carbonyl (C=O) groups excluding carboxylic acids is 1. The van der Waals surface area contributed by atoms with Crippen LogP contribution in [-0.4, -0.2) is 58.3 Å². The number of amides is 1. The molecule has 2 aliphatic heterocycles. The number of carboxylic acids is 1. The van der Waals surface area contributed by atoms with Crippen molar-refractivity contribution in [2.45, 2.75) is 31.6 Å². The van der Waals surface area contributed by atoms with Gasteiger partial charge in [0.15, 0.2) is 0 Å². The van der Waals surface area contributed by atoms with E-state index in [0.29, 0.717) is 23.7 Å². The molecule has 0 saturated carbocycles. The zero-order valence-electron chi connectivity index (χ0n) is 12.3. The van der Waals surface area contributed by atoms with Crippen molar-refractivity contribution < 1.29 is 24.5 Å². The van der Waals surface area contributed by atoms with Crippen LogP contribution in [0.3, 0.4) is 0 Å². The van der Waals surface area contributed by atoms with Crippen molar-refractivity contribution >= 4 is 23.2 Å². The minimum absolute atomic E-state index is 0.107. The quantitative estimate of drug-likeness (QED) is 0.730. The standard InChI is InChI=1S/C14H18N2O5S/c1-14(2)12(18)10(16-4-3-15-6-9(16)17)11-7(21-14)5-8(22-11)13(19)20/h5,10,12,15,18H,3-4,6H2,1-2H3,(H,19,20)/t10-,12+/m1/s1. The number of nitrogens with zero attached hydrogens (tertiary/aromatic N) is 1. The Morgan fingerprint density at radius 1 is 1.55 bits per heavy atom. The van der Waals surface area contributed by atoms with Gasteiger partial charge in [-0.1, -0.05) is 0 Å². The fourth-order valence-electron chi connectivity index (χ4n) is 2.87. The van der Waals surface area contributed by atoms with Crippen molar-refractivity contribution in [2.75, 3.05) is 19.6 Å². The maximum Gasteiger partial charge on any atom is 0.346 e. The van der Waals surface area contributed by atoms with Gasteiger partial charge in [-0.25, -0.2) is 4.79 Å². The minimum Gasteiger partial charge on any atom is -0.484 e. The lowest BCUT2D eigenvalue weighted by Crippen LogP contribution is -2.58. The molecular weight excluding hydrogens is 308 g/mol. The Morgan fingerprint density at radius 2 is 2.27 bits per heavy atom. The van der Waals surface area contributed by atoms with E-state index in [1.54, 1.807) is 18.7 Å². The zero-order chi connectivity index (χ0) is 16.1. The predicted molar refractivity (Wildman–Crippen MR) is 79.3 cm³/mol. The van der Waals surface area contributed by atoms with Crippen LogP contribution >= 0.6 is 11.3 Å². The Balaban J connectivity index is 2.07. The summed E-state index contributed by atoms with van der Waals surface area (Å²) >= 11 is 1.05. The molecule has 120 valence electrons. The largest absolute Gasteiger partial charge is 0.484 e. The molecule has 1 aromatic rings. The molecule has 0 radical (unpaired) electrons. The predicted octanol–water partition coefficient (Wildman–Crippen LogP) is 0.451. The average Bonchev–Trinajstić information content (AvgIpc) is 2.84. The monoisotopic (exact) mass is 326 g/mol. The Morgan fingerprint density at radius 3 is 2.91 bits per heavy atom. The maximum atomic E-state index is 12.2. The highest BCUT2D eigenvalue weighted by Gasteiger charge is 2.48. The first kappa shape index (κ1) is 15.3. The number of aliphatic hydroxyl groups is 1. The summed E-state index contributed by atoms with van der Waals surface area (Å²) in [4.78, 5) is 25.8. The van der Waals surface area contributed by atoms with Gasteiger partial charge in [0.1, 0.15) is 22.3 Å². The van der Waals surface area contributed by atoms with Crippen LogP contribution in [0.4, 0.5) is 0 Å². The van der Waals surface area contributed by atoms with Crippen LogP contribution in [0.25, 0.3) is 0 Å². The first-order valence-electron chi connectivity index (χ1n) is 7.05. The van der Waals surface area contributed by atoms with E-state index in [4.69, 9.17) is 4.74 Å². The van der Waals surface area contributed by atoms with Crippen molar-refractivity contribution in [1.29, 1.82) is 0 Å². The molecule has 1 amide bonds. The molecule has 0 bridgehead atoms. The number of fused-ring (bicyclic) bond motifs is 1. The van der Waals surface area contributed by atoms with E-state index < -0.39 is 23.7 Å². The van der Waals surface area contributed by atoms with E-state index in [1.165, 1.54) is 6.07 Å². The molecule has 8 heteroatoms. The molecule has 7 nitrogen and oxygen atoms in total. The van der Waals surface area contributed by atoms with Gasteiger partial charge in [0.25, 0.3) is 0 Å². The van der Waals surface area contributed by atoms with E-state index in [0.717, 1.165) is 11.3 Å². The number of hydrogen-bond acceptors (Lipinski definition) is 6. The lowest BCUT2D eigenvalue weighted by Gasteiger charge is -2.46. The number of hydrogen-bond donors (Lipinski definition) is 3. The van der Waals surface area contributed by atoms with Crippen molar-refractivity contribution in [3.05, 3.63) is 15.8 Å². The number of nitrogens with one attached hydrogen (secondary N) is 1. The normalized spacial score (nSPS) is 27.2. The fourth-order valence-corrected chi connectivity index (χ4v) is 3.94. The van der Waals surface area contributed by atoms with Crippen LogP contribution in [0.5, 0.6) is 5.75 Å². The third-order valence-corrected chi connectivity index (χ3v) is 5.23. The van der Waals surface area contributed by atoms with E-state index in [1.807, 2.05) is 0 Å². The third kappa shape index (κ3) is 2.37. The van der Waals surface area contributed by atoms with Crippen LogP contribution in [0.15, 0.2) is 6.07 Å². The Bertz CT molecular complexity index is 627. The average molecular weight is 326 g/mol. The third-order valence-electron chi connectivity index (χ3n) is 4.05. The molecule has 0 spiro atoms. The smallest absolute Gasteiger partial charge is 0.346 e. The minimum atomic E-state index is -1.04. The molecule has 22 heavy (non-hydrogen) atoms. The van der Waals surface area contributed by atoms with Gasteiger partial charge < -0.3 is 25.2 Å². The molecule has 1 fully saturated rings. The van der Waals surface area contributed by atoms with Crippen LogP contribution in [0.2, 0.25) is 0 Å². The first-order chi connectivity index (χ1) is 10.3. The number of rotatable bonds is 2. The van der Waals surface area contributed by atoms with Crippen LogP contribution < -0.4 is 10.1 Å². The summed E-state index contributed by atoms with van der Waals surface area (Å²) in [6, 6.07) is 0.891.